The zero-order valence-corrected chi connectivity index (χ0v) is 20.1. The highest BCUT2D eigenvalue weighted by molar-refractivity contribution is 6.30. The zero-order valence-electron chi connectivity index (χ0n) is 19.4. The van der Waals surface area contributed by atoms with E-state index in [4.69, 9.17) is 25.8 Å². The van der Waals surface area contributed by atoms with E-state index in [0.717, 1.165) is 27.6 Å². The normalized spacial score (nSPS) is 10.9. The monoisotopic (exact) mass is 487 g/mol. The number of carbonyl (C=O) groups is 1. The number of rotatable bonds is 10. The molecule has 6 heteroatoms. The van der Waals surface area contributed by atoms with Gasteiger partial charge in [-0.25, -0.2) is 0 Å². The number of methoxy groups -OCH3 is 1. The van der Waals surface area contributed by atoms with Crippen LogP contribution in [-0.2, 0) is 11.4 Å². The summed E-state index contributed by atoms with van der Waals surface area (Å²) in [4.78, 5) is 12.2. The van der Waals surface area contributed by atoms with Crippen molar-refractivity contribution < 1.29 is 19.0 Å². The molecule has 1 N–H and O–H groups in total. The van der Waals surface area contributed by atoms with E-state index in [1.54, 1.807) is 13.2 Å². The lowest BCUT2D eigenvalue weighted by atomic mass is 10.1. The molecule has 1 amide bonds. The molecule has 4 rings (SSSR count). The fourth-order valence-corrected chi connectivity index (χ4v) is 3.66. The molecule has 4 aromatic carbocycles. The van der Waals surface area contributed by atoms with Gasteiger partial charge in [0.15, 0.2) is 11.5 Å². The van der Waals surface area contributed by atoms with Crippen molar-refractivity contribution in [1.29, 1.82) is 0 Å². The van der Waals surface area contributed by atoms with Crippen molar-refractivity contribution in [3.05, 3.63) is 107 Å². The molecule has 0 saturated carbocycles. The fourth-order valence-electron chi connectivity index (χ4n) is 3.54. The van der Waals surface area contributed by atoms with E-state index >= 15 is 0 Å². The zero-order chi connectivity index (χ0) is 24.5. The second-order valence-corrected chi connectivity index (χ2v) is 8.21. The summed E-state index contributed by atoms with van der Waals surface area (Å²) in [5, 5.41) is 5.69. The van der Waals surface area contributed by atoms with Gasteiger partial charge in [-0.05, 0) is 52.9 Å². The molecule has 0 aromatic heterocycles. The third kappa shape index (κ3) is 6.78. The average Bonchev–Trinajstić information content (AvgIpc) is 2.90. The predicted octanol–water partition coefficient (Wildman–Crippen LogP) is 6.29. The summed E-state index contributed by atoms with van der Waals surface area (Å²) in [6.45, 7) is 1.17. The molecule has 0 radical (unpaired) electrons. The van der Waals surface area contributed by atoms with Crippen LogP contribution in [0.5, 0.6) is 17.2 Å². The van der Waals surface area contributed by atoms with Gasteiger partial charge in [0.05, 0.1) is 13.7 Å². The summed E-state index contributed by atoms with van der Waals surface area (Å²) in [5.41, 5.74) is 1.82. The minimum atomic E-state index is -0.200. The molecule has 0 aliphatic carbocycles. The van der Waals surface area contributed by atoms with Crippen LogP contribution in [0.1, 0.15) is 11.1 Å². The number of nitrogens with one attached hydrogen (secondary N) is 1. The molecule has 0 aliphatic rings. The van der Waals surface area contributed by atoms with Crippen LogP contribution >= 0.6 is 11.6 Å². The summed E-state index contributed by atoms with van der Waals surface area (Å²) >= 11 is 5.92. The number of ether oxygens (including phenoxy) is 3. The number of fused-ring (bicyclic) bond motifs is 1. The molecule has 0 heterocycles. The Morgan fingerprint density at radius 1 is 0.886 bits per heavy atom. The molecule has 0 saturated heterocycles. The molecule has 0 atom stereocenters. The van der Waals surface area contributed by atoms with Gasteiger partial charge in [-0.1, -0.05) is 66.2 Å². The van der Waals surface area contributed by atoms with Crippen molar-refractivity contribution in [3.63, 3.8) is 0 Å². The maximum absolute atomic E-state index is 12.2. The van der Waals surface area contributed by atoms with Gasteiger partial charge >= 0.3 is 0 Å². The maximum atomic E-state index is 12.2. The van der Waals surface area contributed by atoms with Crippen LogP contribution in [0.15, 0.2) is 91.0 Å². The standard InChI is InChI=1S/C29H26ClNO4/c1-33-28-19-21(11-15-27(28)35-20-22-9-13-24(30)14-10-22)12-16-29(32)31-17-18-34-26-8-4-6-23-5-2-3-7-25(23)26/h2-16,19H,17-18,20H2,1H3,(H,31,32)/b16-12+. The van der Waals surface area contributed by atoms with Gasteiger partial charge in [-0.15, -0.1) is 0 Å². The van der Waals surface area contributed by atoms with Crippen LogP contribution in [0.4, 0.5) is 0 Å². The number of halogens is 1. The molecular weight excluding hydrogens is 462 g/mol. The van der Waals surface area contributed by atoms with E-state index in [0.29, 0.717) is 36.3 Å². The van der Waals surface area contributed by atoms with E-state index < -0.39 is 0 Å². The Morgan fingerprint density at radius 3 is 2.51 bits per heavy atom. The van der Waals surface area contributed by atoms with Crippen LogP contribution in [0.2, 0.25) is 5.02 Å². The van der Waals surface area contributed by atoms with Crippen LogP contribution < -0.4 is 19.5 Å². The molecule has 5 nitrogen and oxygen atoms in total. The first kappa shape index (κ1) is 24.2. The number of amides is 1. The lowest BCUT2D eigenvalue weighted by Gasteiger charge is -2.11. The molecule has 178 valence electrons. The van der Waals surface area contributed by atoms with Crippen molar-refractivity contribution in [3.8, 4) is 17.2 Å². The van der Waals surface area contributed by atoms with Gasteiger partial charge in [0.25, 0.3) is 0 Å². The van der Waals surface area contributed by atoms with Crippen molar-refractivity contribution >= 4 is 34.4 Å². The molecule has 4 aromatic rings. The Kier molecular flexibility index (Phi) is 8.25. The SMILES string of the molecule is COc1cc(/C=C/C(=O)NCCOc2cccc3ccccc23)ccc1OCc1ccc(Cl)cc1. The first-order chi connectivity index (χ1) is 17.1. The molecule has 0 bridgehead atoms. The summed E-state index contributed by atoms with van der Waals surface area (Å²) < 4.78 is 17.2. The summed E-state index contributed by atoms with van der Waals surface area (Å²) in [6, 6.07) is 27.0. The van der Waals surface area contributed by atoms with Gasteiger partial charge in [-0.3, -0.25) is 4.79 Å². The third-order valence-electron chi connectivity index (χ3n) is 5.33. The Morgan fingerprint density at radius 2 is 1.69 bits per heavy atom. The van der Waals surface area contributed by atoms with Crippen molar-refractivity contribution in [2.45, 2.75) is 6.61 Å². The van der Waals surface area contributed by atoms with E-state index in [1.165, 1.54) is 6.08 Å². The summed E-state index contributed by atoms with van der Waals surface area (Å²) in [5.74, 6) is 1.81. The topological polar surface area (TPSA) is 56.8 Å². The second kappa shape index (κ2) is 12.0. The predicted molar refractivity (Wildman–Crippen MR) is 140 cm³/mol. The van der Waals surface area contributed by atoms with Crippen LogP contribution in [-0.4, -0.2) is 26.2 Å². The number of carbonyl (C=O) groups excluding carboxylic acids is 1. The largest absolute Gasteiger partial charge is 0.493 e. The highest BCUT2D eigenvalue weighted by Crippen LogP contribution is 2.29. The first-order valence-electron chi connectivity index (χ1n) is 11.2. The number of hydrogen-bond acceptors (Lipinski definition) is 4. The van der Waals surface area contributed by atoms with Crippen molar-refractivity contribution in [2.75, 3.05) is 20.3 Å². The van der Waals surface area contributed by atoms with Crippen LogP contribution in [0, 0.1) is 0 Å². The summed E-state index contributed by atoms with van der Waals surface area (Å²) in [7, 11) is 1.58. The Labute approximate surface area is 209 Å². The van der Waals surface area contributed by atoms with E-state index in [2.05, 4.69) is 5.32 Å². The van der Waals surface area contributed by atoms with E-state index in [-0.39, 0.29) is 5.91 Å². The molecular formula is C29H26ClNO4. The van der Waals surface area contributed by atoms with Gasteiger partial charge in [-0.2, -0.15) is 0 Å². The smallest absolute Gasteiger partial charge is 0.244 e. The second-order valence-electron chi connectivity index (χ2n) is 7.78. The highest BCUT2D eigenvalue weighted by Gasteiger charge is 2.06. The van der Waals surface area contributed by atoms with Crippen LogP contribution in [0.3, 0.4) is 0 Å². The van der Waals surface area contributed by atoms with Gasteiger partial charge in [0.1, 0.15) is 19.0 Å². The minimum absolute atomic E-state index is 0.200. The minimum Gasteiger partial charge on any atom is -0.493 e. The Balaban J connectivity index is 1.26. The Hall–Kier alpha value is -3.96. The molecule has 35 heavy (non-hydrogen) atoms. The van der Waals surface area contributed by atoms with Gasteiger partial charge < -0.3 is 19.5 Å². The van der Waals surface area contributed by atoms with Crippen molar-refractivity contribution in [2.24, 2.45) is 0 Å². The highest BCUT2D eigenvalue weighted by atomic mass is 35.5. The quantitative estimate of drug-likeness (QED) is 0.211. The van der Waals surface area contributed by atoms with Crippen LogP contribution in [0.25, 0.3) is 16.8 Å². The molecule has 0 fully saturated rings. The van der Waals surface area contributed by atoms with Gasteiger partial charge in [0.2, 0.25) is 5.91 Å². The lowest BCUT2D eigenvalue weighted by Crippen LogP contribution is -2.26. The maximum Gasteiger partial charge on any atom is 0.244 e. The Bertz CT molecular complexity index is 1310. The lowest BCUT2D eigenvalue weighted by molar-refractivity contribution is -0.116. The molecule has 0 unspecified atom stereocenters. The van der Waals surface area contributed by atoms with Gasteiger partial charge in [0, 0.05) is 16.5 Å². The third-order valence-corrected chi connectivity index (χ3v) is 5.58. The first-order valence-corrected chi connectivity index (χ1v) is 11.6. The van der Waals surface area contributed by atoms with E-state index in [9.17, 15) is 4.79 Å². The van der Waals surface area contributed by atoms with Crippen molar-refractivity contribution in [1.82, 2.24) is 5.32 Å². The molecule has 0 spiro atoms. The summed E-state index contributed by atoms with van der Waals surface area (Å²) in [6.07, 6.45) is 3.22. The molecule has 0 aliphatic heterocycles. The van der Waals surface area contributed by atoms with E-state index in [1.807, 2.05) is 84.9 Å². The number of hydrogen-bond donors (Lipinski definition) is 1. The average molecular weight is 488 g/mol. The number of benzene rings is 4. The fraction of sp³-hybridized carbons (Fsp3) is 0.138.